The Labute approximate surface area is 259 Å². The number of aromatic nitrogens is 4. The Morgan fingerprint density at radius 3 is 1.19 bits per heavy atom. The second kappa shape index (κ2) is 12.0. The number of hydrogen-bond donors (Lipinski definition) is 0. The standard InChI is InChI=1S/C34H24N6O2.Zn/c1-41-39-33-27-17-13-23(35-27)31(21-9-5-3-6-10-21)25-15-19-29(37-25)34(40-42-2)30-20-16-26(38-30)32(22-11-7-4-8-12-22)24-14-18-28(33)36-24;/h3-20H,1-2H3;/q-2;+2/b31-23-,31-25?,32-24?,32-26-,33-27+,33-28?,34-29?,34-30+;. The quantitative estimate of drug-likeness (QED) is 0.225. The summed E-state index contributed by atoms with van der Waals surface area (Å²) < 4.78 is 10.5. The summed E-state index contributed by atoms with van der Waals surface area (Å²) in [6, 6.07) is 35.7. The molecule has 6 aromatic rings. The van der Waals surface area contributed by atoms with Gasteiger partial charge in [0.25, 0.3) is 14.2 Å². The molecule has 0 unspecified atom stereocenters. The van der Waals surface area contributed by atoms with Crippen LogP contribution in [0.4, 0.5) is 0 Å². The zero-order chi connectivity index (χ0) is 28.5. The number of hydrogen-bond acceptors (Lipinski definition) is 2. The monoisotopic (exact) mass is 612 g/mol. The smallest absolute Gasteiger partial charge is 0.655 e. The van der Waals surface area contributed by atoms with Gasteiger partial charge >= 0.3 is 19.5 Å². The minimum absolute atomic E-state index is 0. The number of rotatable bonds is 4. The van der Waals surface area contributed by atoms with Gasteiger partial charge in [0.15, 0.2) is 10.4 Å². The maximum Gasteiger partial charge on any atom is 2.00 e. The average molecular weight is 614 g/mol. The van der Waals surface area contributed by atoms with E-state index in [0.717, 1.165) is 44.4 Å². The predicted molar refractivity (Wildman–Crippen MR) is 162 cm³/mol. The first-order valence-corrected chi connectivity index (χ1v) is 13.4. The first kappa shape index (κ1) is 28.0. The van der Waals surface area contributed by atoms with E-state index in [-0.39, 0.29) is 19.5 Å². The van der Waals surface area contributed by atoms with Crippen molar-refractivity contribution in [3.8, 4) is 0 Å². The van der Waals surface area contributed by atoms with Crippen LogP contribution in [0.2, 0.25) is 0 Å². The number of benzene rings is 2. The summed E-state index contributed by atoms with van der Waals surface area (Å²) >= 11 is 0. The van der Waals surface area contributed by atoms with Crippen molar-refractivity contribution in [3.63, 3.8) is 0 Å². The predicted octanol–water partition coefficient (Wildman–Crippen LogP) is 2.50. The van der Waals surface area contributed by atoms with Crippen LogP contribution in [-0.2, 0) is 19.5 Å². The van der Waals surface area contributed by atoms with Crippen LogP contribution in [0.3, 0.4) is 0 Å². The molecule has 2 aromatic carbocycles. The third kappa shape index (κ3) is 5.20. The molecular weight excluding hydrogens is 590 g/mol. The van der Waals surface area contributed by atoms with Gasteiger partial charge in [-0.3, -0.25) is 0 Å². The van der Waals surface area contributed by atoms with Crippen molar-refractivity contribution in [2.75, 3.05) is 14.2 Å². The van der Waals surface area contributed by atoms with Crippen molar-refractivity contribution < 1.29 is 19.5 Å². The van der Waals surface area contributed by atoms with Gasteiger partial charge in [-0.25, -0.2) is 0 Å². The van der Waals surface area contributed by atoms with Crippen LogP contribution in [0.5, 0.6) is 0 Å². The minimum Gasteiger partial charge on any atom is -0.655 e. The fourth-order valence-corrected chi connectivity index (χ4v) is 5.23. The van der Waals surface area contributed by atoms with E-state index in [1.165, 1.54) is 14.2 Å². The van der Waals surface area contributed by atoms with Crippen LogP contribution in [0.1, 0.15) is 33.9 Å². The molecule has 0 amide bonds. The van der Waals surface area contributed by atoms with Crippen LogP contribution in [0.15, 0.2) is 120 Å². The van der Waals surface area contributed by atoms with E-state index in [2.05, 4.69) is 10.4 Å². The van der Waals surface area contributed by atoms with E-state index in [0.29, 0.717) is 33.5 Å². The van der Waals surface area contributed by atoms with Crippen molar-refractivity contribution in [3.05, 3.63) is 174 Å². The number of nitroso groups, excluding NO2 is 2. The van der Waals surface area contributed by atoms with Crippen molar-refractivity contribution in [1.29, 1.82) is 0 Å². The molecule has 0 spiro atoms. The van der Waals surface area contributed by atoms with Crippen molar-refractivity contribution in [2.45, 2.75) is 0 Å². The average Bonchev–Trinajstić information content (AvgIpc) is 3.85. The number of nitrogens with zero attached hydrogens (tertiary/aromatic N) is 6. The van der Waals surface area contributed by atoms with E-state index < -0.39 is 0 Å². The molecule has 0 saturated carbocycles. The molecule has 4 aromatic heterocycles. The maximum absolute atomic E-state index is 5.27. The molecule has 1 aliphatic rings. The van der Waals surface area contributed by atoms with Crippen molar-refractivity contribution in [2.24, 2.45) is 10.4 Å². The summed E-state index contributed by atoms with van der Waals surface area (Å²) in [4.78, 5) is 20.0. The van der Waals surface area contributed by atoms with E-state index in [9.17, 15) is 0 Å². The first-order chi connectivity index (χ1) is 20.7. The Morgan fingerprint density at radius 1 is 0.419 bits per heavy atom. The summed E-state index contributed by atoms with van der Waals surface area (Å²) in [5.74, 6) is 0. The molecule has 0 aliphatic carbocycles. The third-order valence-electron chi connectivity index (χ3n) is 7.05. The molecule has 0 N–H and O–H groups in total. The van der Waals surface area contributed by atoms with Gasteiger partial charge in [0.1, 0.15) is 11.4 Å². The van der Waals surface area contributed by atoms with Crippen LogP contribution < -0.4 is 41.3 Å². The Kier molecular flexibility index (Phi) is 7.81. The van der Waals surface area contributed by atoms with Crippen LogP contribution in [0.25, 0.3) is 22.5 Å². The van der Waals surface area contributed by atoms with Crippen LogP contribution in [0, 0.1) is 9.07 Å². The second-order valence-corrected chi connectivity index (χ2v) is 9.59. The molecule has 9 heteroatoms. The van der Waals surface area contributed by atoms with Crippen molar-refractivity contribution in [1.82, 2.24) is 19.9 Å². The molecule has 1 aliphatic heterocycles. The van der Waals surface area contributed by atoms with Crippen LogP contribution in [-0.4, -0.2) is 14.2 Å². The zero-order valence-electron chi connectivity index (χ0n) is 23.6. The molecule has 8 nitrogen and oxygen atoms in total. The molecule has 0 saturated heterocycles. The van der Waals surface area contributed by atoms with Gasteiger partial charge < -0.3 is 19.9 Å². The Morgan fingerprint density at radius 2 is 0.791 bits per heavy atom. The molecule has 0 atom stereocenters. The summed E-state index contributed by atoms with van der Waals surface area (Å²) in [6.45, 7) is 0. The Bertz CT molecular complexity index is 2060. The summed E-state index contributed by atoms with van der Waals surface area (Å²) in [7, 11) is 3.04. The minimum atomic E-state index is 0. The van der Waals surface area contributed by atoms with Gasteiger partial charge in [-0.2, -0.15) is 0 Å². The third-order valence-corrected chi connectivity index (χ3v) is 7.05. The maximum atomic E-state index is 5.27. The van der Waals surface area contributed by atoms with E-state index in [1.807, 2.05) is 109 Å². The van der Waals surface area contributed by atoms with Gasteiger partial charge in [0, 0.05) is 0 Å². The SMILES string of the molecule is C[O+]=N/C1=c2\cc/c([n-]2)=C(\c2ccccc2)c2ccc([n-]2)/C(N=[O+]C)=c2/cc/c([n-]2)=C(\c2ccccc2)c2ccc1[n-]2.[Zn+2]. The van der Waals surface area contributed by atoms with E-state index in [4.69, 9.17) is 29.0 Å². The molecule has 43 heavy (non-hydrogen) atoms. The van der Waals surface area contributed by atoms with Gasteiger partial charge in [0.05, 0.1) is 0 Å². The van der Waals surface area contributed by atoms with Crippen LogP contribution >= 0.6 is 0 Å². The number of fused-ring (bicyclic) bond motifs is 8. The van der Waals surface area contributed by atoms with Crippen molar-refractivity contribution >= 4 is 22.5 Å². The Hall–Kier alpha value is -5.14. The molecule has 5 heterocycles. The molecule has 7 rings (SSSR count). The topological polar surface area (TPSA) is 104 Å². The fourth-order valence-electron chi connectivity index (χ4n) is 5.23. The second-order valence-electron chi connectivity index (χ2n) is 9.59. The Balaban J connectivity index is 0.00000329. The zero-order valence-corrected chi connectivity index (χ0v) is 26.6. The molecule has 8 bridgehead atoms. The fraction of sp³-hybridized carbons (Fsp3) is 0.0588. The molecular formula is C34H24N6O2Zn. The van der Waals surface area contributed by atoms with Gasteiger partial charge in [-0.1, -0.05) is 109 Å². The largest absolute Gasteiger partial charge is 2.00 e. The van der Waals surface area contributed by atoms with E-state index >= 15 is 0 Å². The molecule has 0 radical (unpaired) electrons. The van der Waals surface area contributed by atoms with Gasteiger partial charge in [0.2, 0.25) is 0 Å². The molecule has 0 fully saturated rings. The van der Waals surface area contributed by atoms with E-state index in [1.54, 1.807) is 0 Å². The summed E-state index contributed by atoms with van der Waals surface area (Å²) in [6.07, 6.45) is 0. The first-order valence-electron chi connectivity index (χ1n) is 13.4. The summed E-state index contributed by atoms with van der Waals surface area (Å²) in [5.41, 5.74) is 7.55. The normalized spacial score (nSPS) is 18.3. The summed E-state index contributed by atoms with van der Waals surface area (Å²) in [5, 5.41) is 11.5. The van der Waals surface area contributed by atoms with Gasteiger partial charge in [-0.05, 0) is 22.3 Å². The molecule has 204 valence electrons. The van der Waals surface area contributed by atoms with Gasteiger partial charge in [-0.15, -0.1) is 53.2 Å².